The number of rotatable bonds is 4. The van der Waals surface area contributed by atoms with Crippen molar-refractivity contribution in [3.8, 4) is 17.2 Å². The number of phenolic OH excluding ortho intramolecular Hbond substituents is 1. The summed E-state index contributed by atoms with van der Waals surface area (Å²) >= 11 is 0. The summed E-state index contributed by atoms with van der Waals surface area (Å²) in [6.07, 6.45) is 1.47. The van der Waals surface area contributed by atoms with Crippen molar-refractivity contribution in [1.82, 2.24) is 0 Å². The van der Waals surface area contributed by atoms with Gasteiger partial charge < -0.3 is 14.6 Å². The largest absolute Gasteiger partial charge is 0.508 e. The molecule has 110 valence electrons. The zero-order chi connectivity index (χ0) is 15.7. The van der Waals surface area contributed by atoms with Crippen molar-refractivity contribution in [3.05, 3.63) is 53.6 Å². The molecule has 0 unspecified atom stereocenters. The van der Waals surface area contributed by atoms with Gasteiger partial charge in [-0.3, -0.25) is 9.59 Å². The molecular formula is C16H16O5. The minimum atomic E-state index is 0.0902. The maximum atomic E-state index is 10.3. The minimum absolute atomic E-state index is 0.0902. The predicted octanol–water partition coefficient (Wildman–Crippen LogP) is 2.72. The van der Waals surface area contributed by atoms with Gasteiger partial charge in [0.2, 0.25) is 0 Å². The van der Waals surface area contributed by atoms with Crippen LogP contribution < -0.4 is 9.47 Å². The van der Waals surface area contributed by atoms with Gasteiger partial charge in [-0.1, -0.05) is 12.1 Å². The number of hydrogen-bond donors (Lipinski definition) is 1. The van der Waals surface area contributed by atoms with Gasteiger partial charge in [0.1, 0.15) is 23.5 Å². The number of aldehydes is 2. The lowest BCUT2D eigenvalue weighted by molar-refractivity contribution is 0.111. The summed E-state index contributed by atoms with van der Waals surface area (Å²) in [5.74, 6) is 1.19. The van der Waals surface area contributed by atoms with Gasteiger partial charge in [0.25, 0.3) is 0 Å². The lowest BCUT2D eigenvalue weighted by atomic mass is 10.2. The lowest BCUT2D eigenvalue weighted by Gasteiger charge is -2.02. The van der Waals surface area contributed by atoms with Crippen LogP contribution in [0.4, 0.5) is 0 Å². The summed E-state index contributed by atoms with van der Waals surface area (Å²) < 4.78 is 9.72. The first kappa shape index (κ1) is 16.2. The van der Waals surface area contributed by atoms with Crippen LogP contribution in [-0.4, -0.2) is 31.9 Å². The molecule has 0 radical (unpaired) electrons. The molecule has 21 heavy (non-hydrogen) atoms. The maximum absolute atomic E-state index is 10.3. The molecule has 2 aromatic carbocycles. The van der Waals surface area contributed by atoms with Gasteiger partial charge in [0, 0.05) is 11.6 Å². The molecule has 5 heteroatoms. The third-order valence-corrected chi connectivity index (χ3v) is 2.57. The summed E-state index contributed by atoms with van der Waals surface area (Å²) in [6, 6.07) is 11.3. The third kappa shape index (κ3) is 4.99. The Bertz CT molecular complexity index is 607. The second kappa shape index (κ2) is 8.37. The highest BCUT2D eigenvalue weighted by Crippen LogP contribution is 2.21. The maximum Gasteiger partial charge on any atom is 0.153 e. The summed E-state index contributed by atoms with van der Waals surface area (Å²) in [5, 5.41) is 8.97. The molecule has 0 atom stereocenters. The second-order valence-corrected chi connectivity index (χ2v) is 3.94. The number of carbonyl (C=O) groups is 2. The predicted molar refractivity (Wildman–Crippen MR) is 78.4 cm³/mol. The molecule has 0 saturated heterocycles. The van der Waals surface area contributed by atoms with Gasteiger partial charge in [-0.25, -0.2) is 0 Å². The first-order chi connectivity index (χ1) is 10.1. The molecule has 2 rings (SSSR count). The van der Waals surface area contributed by atoms with Gasteiger partial charge in [0.05, 0.1) is 19.8 Å². The molecule has 0 bridgehead atoms. The lowest BCUT2D eigenvalue weighted by Crippen LogP contribution is -1.88. The van der Waals surface area contributed by atoms with Gasteiger partial charge in [-0.2, -0.15) is 0 Å². The van der Waals surface area contributed by atoms with E-state index in [9.17, 15) is 9.59 Å². The Balaban J connectivity index is 0.000000211. The van der Waals surface area contributed by atoms with Crippen LogP contribution in [0.15, 0.2) is 42.5 Å². The molecule has 0 amide bonds. The monoisotopic (exact) mass is 288 g/mol. The molecule has 0 saturated carbocycles. The zero-order valence-electron chi connectivity index (χ0n) is 11.8. The van der Waals surface area contributed by atoms with Crippen LogP contribution in [0.25, 0.3) is 0 Å². The normalized spacial score (nSPS) is 9.05. The van der Waals surface area contributed by atoms with Gasteiger partial charge >= 0.3 is 0 Å². The third-order valence-electron chi connectivity index (χ3n) is 2.57. The molecule has 0 heterocycles. The van der Waals surface area contributed by atoms with E-state index in [0.717, 1.165) is 6.29 Å². The highest BCUT2D eigenvalue weighted by Gasteiger charge is 2.01. The molecule has 0 spiro atoms. The van der Waals surface area contributed by atoms with Crippen LogP contribution >= 0.6 is 0 Å². The van der Waals surface area contributed by atoms with Gasteiger partial charge in [-0.05, 0) is 24.3 Å². The summed E-state index contributed by atoms with van der Waals surface area (Å²) in [6.45, 7) is 0. The summed E-state index contributed by atoms with van der Waals surface area (Å²) in [7, 11) is 3.02. The number of methoxy groups -OCH3 is 2. The van der Waals surface area contributed by atoms with Crippen molar-refractivity contribution in [2.45, 2.75) is 0 Å². The molecule has 0 aliphatic carbocycles. The van der Waals surface area contributed by atoms with Crippen LogP contribution in [0.2, 0.25) is 0 Å². The first-order valence-electron chi connectivity index (χ1n) is 6.06. The molecule has 0 aromatic heterocycles. The molecule has 0 aliphatic rings. The Labute approximate surface area is 122 Å². The van der Waals surface area contributed by atoms with Crippen molar-refractivity contribution >= 4 is 12.6 Å². The van der Waals surface area contributed by atoms with E-state index < -0.39 is 0 Å². The van der Waals surface area contributed by atoms with E-state index in [1.165, 1.54) is 25.3 Å². The Hall–Kier alpha value is -2.82. The van der Waals surface area contributed by atoms with Crippen molar-refractivity contribution in [2.75, 3.05) is 14.2 Å². The average Bonchev–Trinajstić information content (AvgIpc) is 2.55. The SMILES string of the molecule is COc1cc(O)ccc1C=O.COc1cccc(C=O)c1. The number of aromatic hydroxyl groups is 1. The average molecular weight is 288 g/mol. The van der Waals surface area contributed by atoms with E-state index in [1.54, 1.807) is 31.4 Å². The number of hydrogen-bond acceptors (Lipinski definition) is 5. The molecule has 0 fully saturated rings. The van der Waals surface area contributed by atoms with Crippen LogP contribution in [0, 0.1) is 0 Å². The summed E-state index contributed by atoms with van der Waals surface area (Å²) in [4.78, 5) is 20.6. The molecular weight excluding hydrogens is 272 g/mol. The number of ether oxygens (including phenoxy) is 2. The fourth-order valence-electron chi connectivity index (χ4n) is 1.51. The van der Waals surface area contributed by atoms with Crippen LogP contribution in [0.3, 0.4) is 0 Å². The topological polar surface area (TPSA) is 72.8 Å². The van der Waals surface area contributed by atoms with E-state index in [-0.39, 0.29) is 5.75 Å². The highest BCUT2D eigenvalue weighted by atomic mass is 16.5. The molecule has 5 nitrogen and oxygen atoms in total. The van der Waals surface area contributed by atoms with Crippen LogP contribution in [-0.2, 0) is 0 Å². The smallest absolute Gasteiger partial charge is 0.153 e. The van der Waals surface area contributed by atoms with Gasteiger partial charge in [0.15, 0.2) is 6.29 Å². The molecule has 0 aliphatic heterocycles. The molecule has 1 N–H and O–H groups in total. The van der Waals surface area contributed by atoms with Crippen molar-refractivity contribution < 1.29 is 24.2 Å². The second-order valence-electron chi connectivity index (χ2n) is 3.94. The van der Waals surface area contributed by atoms with Crippen LogP contribution in [0.1, 0.15) is 20.7 Å². The standard InChI is InChI=1S/C8H8O3.C8H8O2/c1-11-8-4-7(10)3-2-6(8)5-9;1-10-8-4-2-3-7(5-8)6-9/h2-5,10H,1H3;2-6H,1H3. The Kier molecular flexibility index (Phi) is 6.47. The van der Waals surface area contributed by atoms with E-state index in [4.69, 9.17) is 14.6 Å². The number of phenols is 1. The van der Waals surface area contributed by atoms with Gasteiger partial charge in [-0.15, -0.1) is 0 Å². The fourth-order valence-corrected chi connectivity index (χ4v) is 1.51. The Morgan fingerprint density at radius 3 is 2.29 bits per heavy atom. The Morgan fingerprint density at radius 1 is 0.952 bits per heavy atom. The first-order valence-corrected chi connectivity index (χ1v) is 6.06. The highest BCUT2D eigenvalue weighted by molar-refractivity contribution is 5.79. The quantitative estimate of drug-likeness (QED) is 0.876. The fraction of sp³-hybridized carbons (Fsp3) is 0.125. The Morgan fingerprint density at radius 2 is 1.71 bits per heavy atom. The minimum Gasteiger partial charge on any atom is -0.508 e. The van der Waals surface area contributed by atoms with Crippen molar-refractivity contribution in [1.29, 1.82) is 0 Å². The van der Waals surface area contributed by atoms with Crippen molar-refractivity contribution in [3.63, 3.8) is 0 Å². The zero-order valence-corrected chi connectivity index (χ0v) is 11.8. The summed E-state index contributed by atoms with van der Waals surface area (Å²) in [5.41, 5.74) is 1.07. The number of carbonyl (C=O) groups excluding carboxylic acids is 2. The molecule has 2 aromatic rings. The van der Waals surface area contributed by atoms with E-state index in [1.807, 2.05) is 0 Å². The van der Waals surface area contributed by atoms with E-state index in [2.05, 4.69) is 0 Å². The van der Waals surface area contributed by atoms with E-state index >= 15 is 0 Å². The van der Waals surface area contributed by atoms with Crippen LogP contribution in [0.5, 0.6) is 17.2 Å². The van der Waals surface area contributed by atoms with E-state index in [0.29, 0.717) is 28.9 Å². The number of benzene rings is 2. The van der Waals surface area contributed by atoms with Crippen molar-refractivity contribution in [2.24, 2.45) is 0 Å².